The van der Waals surface area contributed by atoms with Gasteiger partial charge in [-0.05, 0) is 48.4 Å². The molecule has 4 aromatic rings. The first-order valence-corrected chi connectivity index (χ1v) is 10.2. The van der Waals surface area contributed by atoms with E-state index in [9.17, 15) is 4.39 Å². The predicted molar refractivity (Wildman–Crippen MR) is 117 cm³/mol. The summed E-state index contributed by atoms with van der Waals surface area (Å²) < 4.78 is 14.2. The summed E-state index contributed by atoms with van der Waals surface area (Å²) >= 11 is 6.14. The van der Waals surface area contributed by atoms with Crippen molar-refractivity contribution in [3.8, 4) is 22.6 Å². The number of imidazole rings is 1. The van der Waals surface area contributed by atoms with Crippen molar-refractivity contribution in [3.05, 3.63) is 59.0 Å². The highest BCUT2D eigenvalue weighted by Gasteiger charge is 2.24. The van der Waals surface area contributed by atoms with Crippen LogP contribution in [0.3, 0.4) is 0 Å². The second-order valence-corrected chi connectivity index (χ2v) is 7.89. The first kappa shape index (κ1) is 19.0. The van der Waals surface area contributed by atoms with Crippen LogP contribution in [0, 0.1) is 12.7 Å². The van der Waals surface area contributed by atoms with Crippen molar-refractivity contribution < 1.29 is 4.39 Å². The number of halogens is 2. The Labute approximate surface area is 178 Å². The van der Waals surface area contributed by atoms with Crippen molar-refractivity contribution in [2.24, 2.45) is 0 Å². The molecule has 6 nitrogen and oxygen atoms in total. The van der Waals surface area contributed by atoms with E-state index in [1.54, 1.807) is 6.20 Å². The van der Waals surface area contributed by atoms with Gasteiger partial charge in [-0.3, -0.25) is 0 Å². The zero-order valence-electron chi connectivity index (χ0n) is 16.4. The number of aromatic nitrogens is 4. The number of benzene rings is 2. The van der Waals surface area contributed by atoms with E-state index < -0.39 is 0 Å². The summed E-state index contributed by atoms with van der Waals surface area (Å²) in [4.78, 5) is 10.3. The third-order valence-corrected chi connectivity index (χ3v) is 5.51. The number of nitrogens with zero attached hydrogens (tertiary/aromatic N) is 4. The molecule has 0 unspecified atom stereocenters. The van der Waals surface area contributed by atoms with Crippen molar-refractivity contribution in [3.63, 3.8) is 0 Å². The molecule has 0 bridgehead atoms. The lowest BCUT2D eigenvalue weighted by Gasteiger charge is -2.32. The summed E-state index contributed by atoms with van der Waals surface area (Å²) in [5.41, 5.74) is 5.64. The fourth-order valence-corrected chi connectivity index (χ4v) is 4.12. The van der Waals surface area contributed by atoms with Crippen LogP contribution in [0.1, 0.15) is 5.56 Å². The van der Waals surface area contributed by atoms with Crippen LogP contribution in [-0.2, 0) is 0 Å². The number of piperazine rings is 1. The van der Waals surface area contributed by atoms with Crippen molar-refractivity contribution >= 4 is 28.3 Å². The molecule has 0 atom stereocenters. The topological polar surface area (TPSA) is 69.7 Å². The van der Waals surface area contributed by atoms with Crippen molar-refractivity contribution in [2.75, 3.05) is 31.1 Å². The van der Waals surface area contributed by atoms with E-state index in [1.165, 1.54) is 12.1 Å². The quantitative estimate of drug-likeness (QED) is 0.518. The molecule has 5 rings (SSSR count). The van der Waals surface area contributed by atoms with E-state index in [-0.39, 0.29) is 5.82 Å². The fourth-order valence-electron chi connectivity index (χ4n) is 3.95. The Bertz CT molecular complexity index is 1210. The molecular weight excluding hydrogens is 403 g/mol. The zero-order valence-corrected chi connectivity index (χ0v) is 17.2. The van der Waals surface area contributed by atoms with Crippen LogP contribution in [0.4, 0.5) is 10.1 Å². The average Bonchev–Trinajstić information content (AvgIpc) is 3.16. The number of anilines is 1. The minimum atomic E-state index is -0.270. The van der Waals surface area contributed by atoms with Gasteiger partial charge in [-0.15, -0.1) is 5.10 Å². The first-order chi connectivity index (χ1) is 14.6. The second-order valence-electron chi connectivity index (χ2n) is 7.46. The maximum Gasteiger partial charge on any atom is 0.161 e. The summed E-state index contributed by atoms with van der Waals surface area (Å²) in [5, 5.41) is 12.7. The van der Waals surface area contributed by atoms with Crippen molar-refractivity contribution in [1.82, 2.24) is 25.5 Å². The molecule has 0 radical (unpaired) electrons. The highest BCUT2D eigenvalue weighted by atomic mass is 35.5. The standard InChI is InChI=1S/C22H20ClFN6/c1-13-8-14(10-16(24)9-13)17-12-26-29-20(21(17)30-6-4-25-5-7-30)22-27-18-3-2-15(23)11-19(18)28-22/h2-3,8-12,25H,4-7H2,1H3,(H,27,28). The molecule has 30 heavy (non-hydrogen) atoms. The molecule has 1 saturated heterocycles. The SMILES string of the molecule is Cc1cc(F)cc(-c2cnnc(-c3nc4ccc(Cl)cc4[nH]3)c2N2CCNCC2)c1. The van der Waals surface area contributed by atoms with Crippen molar-refractivity contribution in [1.29, 1.82) is 0 Å². The third kappa shape index (κ3) is 3.51. The van der Waals surface area contributed by atoms with Crippen molar-refractivity contribution in [2.45, 2.75) is 6.92 Å². The monoisotopic (exact) mass is 422 g/mol. The van der Waals surface area contributed by atoms with Crippen LogP contribution in [0.25, 0.3) is 33.7 Å². The normalized spacial score (nSPS) is 14.4. The number of hydrogen-bond donors (Lipinski definition) is 2. The van der Waals surface area contributed by atoms with Gasteiger partial charge in [0, 0.05) is 36.8 Å². The molecule has 2 aromatic carbocycles. The summed E-state index contributed by atoms with van der Waals surface area (Å²) in [6, 6.07) is 10.5. The smallest absolute Gasteiger partial charge is 0.161 e. The summed E-state index contributed by atoms with van der Waals surface area (Å²) in [6.07, 6.45) is 1.70. The number of aryl methyl sites for hydroxylation is 1. The van der Waals surface area contributed by atoms with E-state index in [4.69, 9.17) is 16.6 Å². The Morgan fingerprint density at radius 1 is 1.10 bits per heavy atom. The largest absolute Gasteiger partial charge is 0.367 e. The number of fused-ring (bicyclic) bond motifs is 1. The fraction of sp³-hybridized carbons (Fsp3) is 0.227. The summed E-state index contributed by atoms with van der Waals surface area (Å²) in [6.45, 7) is 5.23. The zero-order chi connectivity index (χ0) is 20.7. The Morgan fingerprint density at radius 2 is 1.93 bits per heavy atom. The Balaban J connectivity index is 1.73. The molecule has 1 aliphatic heterocycles. The van der Waals surface area contributed by atoms with E-state index in [2.05, 4.69) is 25.4 Å². The summed E-state index contributed by atoms with van der Waals surface area (Å²) in [7, 11) is 0. The van der Waals surface area contributed by atoms with E-state index >= 15 is 0 Å². The average molecular weight is 423 g/mol. The molecule has 0 amide bonds. The molecule has 2 aromatic heterocycles. The second kappa shape index (κ2) is 7.66. The lowest BCUT2D eigenvalue weighted by Crippen LogP contribution is -2.44. The molecular formula is C22H20ClFN6. The van der Waals surface area contributed by atoms with Crippen LogP contribution in [0.5, 0.6) is 0 Å². The highest BCUT2D eigenvalue weighted by Crippen LogP contribution is 2.38. The van der Waals surface area contributed by atoms with Crippen LogP contribution < -0.4 is 10.2 Å². The van der Waals surface area contributed by atoms with Crippen LogP contribution in [0.15, 0.2) is 42.6 Å². The number of aromatic amines is 1. The van der Waals surface area contributed by atoms with Gasteiger partial charge < -0.3 is 15.2 Å². The van der Waals surface area contributed by atoms with Crippen LogP contribution in [0.2, 0.25) is 5.02 Å². The number of H-pyrrole nitrogens is 1. The van der Waals surface area contributed by atoms with Gasteiger partial charge in [0.1, 0.15) is 5.82 Å². The van der Waals surface area contributed by atoms with Gasteiger partial charge in [0.15, 0.2) is 11.5 Å². The van der Waals surface area contributed by atoms with Gasteiger partial charge >= 0.3 is 0 Å². The van der Waals surface area contributed by atoms with E-state index in [1.807, 2.05) is 31.2 Å². The molecule has 152 valence electrons. The maximum atomic E-state index is 14.2. The van der Waals surface area contributed by atoms with E-state index in [0.717, 1.165) is 59.6 Å². The molecule has 1 fully saturated rings. The molecule has 0 saturated carbocycles. The number of nitrogens with one attached hydrogen (secondary N) is 2. The highest BCUT2D eigenvalue weighted by molar-refractivity contribution is 6.31. The maximum absolute atomic E-state index is 14.2. The molecule has 0 spiro atoms. The summed E-state index contributed by atoms with van der Waals surface area (Å²) in [5.74, 6) is 0.344. The first-order valence-electron chi connectivity index (χ1n) is 9.83. The third-order valence-electron chi connectivity index (χ3n) is 5.28. The lowest BCUT2D eigenvalue weighted by molar-refractivity contribution is 0.589. The minimum Gasteiger partial charge on any atom is -0.367 e. The molecule has 2 N–H and O–H groups in total. The predicted octanol–water partition coefficient (Wildman–Crippen LogP) is 4.20. The number of rotatable bonds is 3. The Kier molecular flexibility index (Phi) is 4.84. The van der Waals surface area contributed by atoms with Gasteiger partial charge in [0.05, 0.1) is 22.9 Å². The van der Waals surface area contributed by atoms with Crippen LogP contribution in [-0.4, -0.2) is 46.3 Å². The van der Waals surface area contributed by atoms with Gasteiger partial charge in [-0.25, -0.2) is 9.37 Å². The van der Waals surface area contributed by atoms with Gasteiger partial charge in [-0.1, -0.05) is 17.7 Å². The molecule has 3 heterocycles. The molecule has 0 aliphatic carbocycles. The Morgan fingerprint density at radius 3 is 2.73 bits per heavy atom. The van der Waals surface area contributed by atoms with Crippen LogP contribution >= 0.6 is 11.6 Å². The van der Waals surface area contributed by atoms with Gasteiger partial charge in [-0.2, -0.15) is 5.10 Å². The number of hydrogen-bond acceptors (Lipinski definition) is 5. The molecule has 1 aliphatic rings. The van der Waals surface area contributed by atoms with Gasteiger partial charge in [0.2, 0.25) is 0 Å². The molecule has 8 heteroatoms. The minimum absolute atomic E-state index is 0.270. The Hall–Kier alpha value is -3.03. The van der Waals surface area contributed by atoms with Gasteiger partial charge in [0.25, 0.3) is 0 Å². The lowest BCUT2D eigenvalue weighted by atomic mass is 10.0. The van der Waals surface area contributed by atoms with E-state index in [0.29, 0.717) is 16.5 Å².